The van der Waals surface area contributed by atoms with Crippen LogP contribution in [-0.4, -0.2) is 36.2 Å². The van der Waals surface area contributed by atoms with E-state index in [1.807, 2.05) is 0 Å². The lowest BCUT2D eigenvalue weighted by molar-refractivity contribution is -0.146. The maximum atomic E-state index is 11.9. The number of nitrogens with one attached hydrogen (secondary N) is 1. The minimum absolute atomic E-state index is 0.0718. The van der Waals surface area contributed by atoms with Crippen LogP contribution in [0.2, 0.25) is 0 Å². The van der Waals surface area contributed by atoms with E-state index in [0.717, 1.165) is 12.8 Å². The zero-order chi connectivity index (χ0) is 11.5. The number of rotatable bonds is 3. The van der Waals surface area contributed by atoms with Gasteiger partial charge in [-0.15, -0.1) is 0 Å². The summed E-state index contributed by atoms with van der Waals surface area (Å²) in [6, 6.07) is 0.0718. The Bertz CT molecular complexity index is 286. The number of carbonyl (C=O) groups is 2. The van der Waals surface area contributed by atoms with Crippen LogP contribution in [0.1, 0.15) is 25.7 Å². The second-order valence-corrected chi connectivity index (χ2v) is 4.55. The molecular formula is C11H17NO4. The van der Waals surface area contributed by atoms with Gasteiger partial charge in [-0.1, -0.05) is 6.42 Å². The summed E-state index contributed by atoms with van der Waals surface area (Å²) in [5, 5.41) is 11.9. The van der Waals surface area contributed by atoms with E-state index in [2.05, 4.69) is 5.32 Å². The summed E-state index contributed by atoms with van der Waals surface area (Å²) in [5.74, 6) is -1.80. The molecule has 2 N–H and O–H groups in total. The van der Waals surface area contributed by atoms with Crippen molar-refractivity contribution >= 4 is 11.9 Å². The quantitative estimate of drug-likeness (QED) is 0.731. The van der Waals surface area contributed by atoms with Crippen LogP contribution in [-0.2, 0) is 14.3 Å². The van der Waals surface area contributed by atoms with Crippen molar-refractivity contribution in [3.63, 3.8) is 0 Å². The van der Waals surface area contributed by atoms with Crippen molar-refractivity contribution in [3.05, 3.63) is 0 Å². The number of ether oxygens (including phenoxy) is 1. The SMILES string of the molecule is O=C(O)[C@H]1CCC[C@H]1C(=O)NC1CCOC1. The molecule has 90 valence electrons. The second kappa shape index (κ2) is 4.82. The van der Waals surface area contributed by atoms with Gasteiger partial charge in [-0.2, -0.15) is 0 Å². The Morgan fingerprint density at radius 2 is 1.94 bits per heavy atom. The van der Waals surface area contributed by atoms with E-state index in [1.54, 1.807) is 0 Å². The average Bonchev–Trinajstić information content (AvgIpc) is 2.86. The molecule has 2 fully saturated rings. The van der Waals surface area contributed by atoms with Crippen LogP contribution in [0.25, 0.3) is 0 Å². The molecule has 5 heteroatoms. The molecule has 5 nitrogen and oxygen atoms in total. The highest BCUT2D eigenvalue weighted by Crippen LogP contribution is 2.32. The van der Waals surface area contributed by atoms with Crippen molar-refractivity contribution < 1.29 is 19.4 Å². The molecule has 2 aliphatic rings. The van der Waals surface area contributed by atoms with Gasteiger partial charge in [-0.05, 0) is 19.3 Å². The first-order chi connectivity index (χ1) is 7.68. The van der Waals surface area contributed by atoms with Crippen molar-refractivity contribution in [2.75, 3.05) is 13.2 Å². The molecule has 2 rings (SSSR count). The second-order valence-electron chi connectivity index (χ2n) is 4.55. The summed E-state index contributed by atoms with van der Waals surface area (Å²) >= 11 is 0. The molecule has 0 aromatic rings. The van der Waals surface area contributed by atoms with Crippen LogP contribution in [0.15, 0.2) is 0 Å². The third kappa shape index (κ3) is 2.35. The molecule has 0 bridgehead atoms. The standard InChI is InChI=1S/C11H17NO4/c13-10(12-7-4-5-16-6-7)8-2-1-3-9(8)11(14)15/h7-9H,1-6H2,(H,12,13)(H,14,15)/t7?,8-,9+/m1/s1. The smallest absolute Gasteiger partial charge is 0.307 e. The minimum atomic E-state index is -0.847. The molecule has 3 atom stereocenters. The van der Waals surface area contributed by atoms with Crippen LogP contribution in [0.5, 0.6) is 0 Å². The van der Waals surface area contributed by atoms with Gasteiger partial charge in [0.15, 0.2) is 0 Å². The van der Waals surface area contributed by atoms with E-state index in [-0.39, 0.29) is 17.9 Å². The highest BCUT2D eigenvalue weighted by atomic mass is 16.5. The Hall–Kier alpha value is -1.10. The number of carboxylic acid groups (broad SMARTS) is 1. The molecule has 0 aromatic heterocycles. The van der Waals surface area contributed by atoms with Crippen molar-refractivity contribution in [1.29, 1.82) is 0 Å². The summed E-state index contributed by atoms with van der Waals surface area (Å²) in [7, 11) is 0. The van der Waals surface area contributed by atoms with Crippen molar-refractivity contribution in [2.24, 2.45) is 11.8 Å². The predicted octanol–water partition coefficient (Wildman–Crippen LogP) is 0.392. The summed E-state index contributed by atoms with van der Waals surface area (Å²) in [6.45, 7) is 1.23. The van der Waals surface area contributed by atoms with Gasteiger partial charge in [0.2, 0.25) is 5.91 Å². The Morgan fingerprint density at radius 1 is 1.19 bits per heavy atom. The van der Waals surface area contributed by atoms with Gasteiger partial charge >= 0.3 is 5.97 Å². The fourth-order valence-electron chi connectivity index (χ4n) is 2.53. The minimum Gasteiger partial charge on any atom is -0.481 e. The fraction of sp³-hybridized carbons (Fsp3) is 0.818. The number of hydrogen-bond donors (Lipinski definition) is 2. The van der Waals surface area contributed by atoms with Gasteiger partial charge in [0.1, 0.15) is 0 Å². The molecule has 1 amide bonds. The zero-order valence-electron chi connectivity index (χ0n) is 9.15. The molecule has 1 aliphatic heterocycles. The monoisotopic (exact) mass is 227 g/mol. The molecule has 0 spiro atoms. The average molecular weight is 227 g/mol. The van der Waals surface area contributed by atoms with Crippen molar-refractivity contribution in [2.45, 2.75) is 31.7 Å². The summed E-state index contributed by atoms with van der Waals surface area (Å²) in [5.41, 5.74) is 0. The Kier molecular flexibility index (Phi) is 3.43. The van der Waals surface area contributed by atoms with Crippen molar-refractivity contribution in [1.82, 2.24) is 5.32 Å². The number of hydrogen-bond acceptors (Lipinski definition) is 3. The molecule has 0 aromatic carbocycles. The maximum Gasteiger partial charge on any atom is 0.307 e. The number of carbonyl (C=O) groups excluding carboxylic acids is 1. The highest BCUT2D eigenvalue weighted by Gasteiger charge is 2.38. The summed E-state index contributed by atoms with van der Waals surface area (Å²) in [6.07, 6.45) is 2.97. The van der Waals surface area contributed by atoms with Crippen molar-refractivity contribution in [3.8, 4) is 0 Å². The van der Waals surface area contributed by atoms with E-state index in [0.29, 0.717) is 26.1 Å². The highest BCUT2D eigenvalue weighted by molar-refractivity contribution is 5.85. The zero-order valence-corrected chi connectivity index (χ0v) is 9.15. The summed E-state index contributed by atoms with van der Waals surface area (Å²) in [4.78, 5) is 22.8. The first-order valence-corrected chi connectivity index (χ1v) is 5.79. The first kappa shape index (κ1) is 11.4. The Morgan fingerprint density at radius 3 is 2.56 bits per heavy atom. The van der Waals surface area contributed by atoms with Crippen LogP contribution in [0, 0.1) is 11.8 Å². The van der Waals surface area contributed by atoms with Gasteiger partial charge in [0, 0.05) is 6.61 Å². The molecule has 1 unspecified atom stereocenters. The third-order valence-corrected chi connectivity index (χ3v) is 3.45. The summed E-state index contributed by atoms with van der Waals surface area (Å²) < 4.78 is 5.16. The van der Waals surface area contributed by atoms with E-state index in [4.69, 9.17) is 9.84 Å². The normalized spacial score (nSPS) is 33.9. The van der Waals surface area contributed by atoms with Gasteiger partial charge in [-0.25, -0.2) is 0 Å². The fourth-order valence-corrected chi connectivity index (χ4v) is 2.53. The predicted molar refractivity (Wildman–Crippen MR) is 55.8 cm³/mol. The van der Waals surface area contributed by atoms with Gasteiger partial charge < -0.3 is 15.2 Å². The first-order valence-electron chi connectivity index (χ1n) is 5.79. The topological polar surface area (TPSA) is 75.6 Å². The lowest BCUT2D eigenvalue weighted by Gasteiger charge is -2.18. The lowest BCUT2D eigenvalue weighted by atomic mass is 9.95. The van der Waals surface area contributed by atoms with E-state index < -0.39 is 11.9 Å². The van der Waals surface area contributed by atoms with E-state index >= 15 is 0 Å². The molecule has 16 heavy (non-hydrogen) atoms. The largest absolute Gasteiger partial charge is 0.481 e. The van der Waals surface area contributed by atoms with Crippen LogP contribution < -0.4 is 5.32 Å². The van der Waals surface area contributed by atoms with Crippen LogP contribution >= 0.6 is 0 Å². The number of amides is 1. The van der Waals surface area contributed by atoms with Gasteiger partial charge in [0.25, 0.3) is 0 Å². The number of carboxylic acids is 1. The van der Waals surface area contributed by atoms with E-state index in [9.17, 15) is 9.59 Å². The molecular weight excluding hydrogens is 210 g/mol. The molecule has 1 saturated carbocycles. The maximum absolute atomic E-state index is 11.9. The van der Waals surface area contributed by atoms with Gasteiger partial charge in [0.05, 0.1) is 24.5 Å². The lowest BCUT2D eigenvalue weighted by Crippen LogP contribution is -2.41. The molecule has 1 heterocycles. The van der Waals surface area contributed by atoms with E-state index in [1.165, 1.54) is 0 Å². The van der Waals surface area contributed by atoms with Gasteiger partial charge in [-0.3, -0.25) is 9.59 Å². The van der Waals surface area contributed by atoms with Crippen LogP contribution in [0.3, 0.4) is 0 Å². The third-order valence-electron chi connectivity index (χ3n) is 3.45. The Labute approximate surface area is 94.2 Å². The Balaban J connectivity index is 1.90. The molecule has 1 aliphatic carbocycles. The molecule has 0 radical (unpaired) electrons. The van der Waals surface area contributed by atoms with Crippen LogP contribution in [0.4, 0.5) is 0 Å². The number of aliphatic carboxylic acids is 1. The molecule has 1 saturated heterocycles.